The van der Waals surface area contributed by atoms with Gasteiger partial charge in [-0.3, -0.25) is 14.4 Å². The first-order valence-corrected chi connectivity index (χ1v) is 24.6. The van der Waals surface area contributed by atoms with Crippen LogP contribution in [0.4, 0.5) is 0 Å². The molecule has 0 aromatic rings. The maximum atomic E-state index is 12.7. The van der Waals surface area contributed by atoms with Gasteiger partial charge in [0, 0.05) is 19.3 Å². The minimum Gasteiger partial charge on any atom is -0.462 e. The van der Waals surface area contributed by atoms with E-state index in [1.165, 1.54) is 64.2 Å². The number of carbonyl (C=O) groups excluding carboxylic acids is 3. The van der Waals surface area contributed by atoms with Crippen LogP contribution in [0, 0.1) is 0 Å². The normalized spacial score (nSPS) is 12.8. The minimum atomic E-state index is -0.804. The lowest BCUT2D eigenvalue weighted by atomic mass is 10.0. The van der Waals surface area contributed by atoms with Gasteiger partial charge in [-0.05, 0) is 83.5 Å². The van der Waals surface area contributed by atoms with Crippen LogP contribution in [-0.2, 0) is 28.6 Å². The summed E-state index contributed by atoms with van der Waals surface area (Å²) in [6.45, 7) is 6.38. The molecule has 6 heteroatoms. The number of rotatable bonds is 43. The van der Waals surface area contributed by atoms with Crippen molar-refractivity contribution in [2.24, 2.45) is 0 Å². The van der Waals surface area contributed by atoms with Gasteiger partial charge in [0.1, 0.15) is 13.2 Å². The molecule has 6 nitrogen and oxygen atoms in total. The Labute approximate surface area is 369 Å². The smallest absolute Gasteiger partial charge is 0.306 e. The molecule has 0 radical (unpaired) electrons. The third kappa shape index (κ3) is 45.7. The molecular formula is C54H90O6. The van der Waals surface area contributed by atoms with Gasteiger partial charge in [0.25, 0.3) is 0 Å². The third-order valence-corrected chi connectivity index (χ3v) is 10.1. The van der Waals surface area contributed by atoms with Gasteiger partial charge in [0.2, 0.25) is 0 Å². The van der Waals surface area contributed by atoms with E-state index in [1.807, 2.05) is 0 Å². The van der Waals surface area contributed by atoms with Crippen LogP contribution in [0.1, 0.15) is 220 Å². The molecule has 1 atom stereocenters. The second-order valence-corrected chi connectivity index (χ2v) is 16.0. The molecule has 0 saturated carbocycles. The van der Waals surface area contributed by atoms with Gasteiger partial charge in [-0.2, -0.15) is 0 Å². The van der Waals surface area contributed by atoms with E-state index in [0.29, 0.717) is 19.3 Å². The molecular weight excluding hydrogens is 745 g/mol. The highest BCUT2D eigenvalue weighted by atomic mass is 16.6. The minimum absolute atomic E-state index is 0.0991. The second kappa shape index (κ2) is 48.3. The summed E-state index contributed by atoms with van der Waals surface area (Å²) in [7, 11) is 0. The van der Waals surface area contributed by atoms with Crippen LogP contribution < -0.4 is 0 Å². The van der Waals surface area contributed by atoms with Crippen molar-refractivity contribution in [2.45, 2.75) is 226 Å². The Kier molecular flexibility index (Phi) is 45.5. The molecule has 0 fully saturated rings. The van der Waals surface area contributed by atoms with E-state index < -0.39 is 6.10 Å². The van der Waals surface area contributed by atoms with Crippen molar-refractivity contribution < 1.29 is 28.6 Å². The second-order valence-electron chi connectivity index (χ2n) is 16.0. The number of hydrogen-bond donors (Lipinski definition) is 0. The monoisotopic (exact) mass is 835 g/mol. The number of unbranched alkanes of at least 4 members (excludes halogenated alkanes) is 18. The predicted molar refractivity (Wildman–Crippen MR) is 256 cm³/mol. The zero-order valence-electron chi connectivity index (χ0n) is 38.9. The van der Waals surface area contributed by atoms with Gasteiger partial charge in [0.15, 0.2) is 6.10 Å². The number of ether oxygens (including phenoxy) is 3. The zero-order chi connectivity index (χ0) is 43.7. The fourth-order valence-electron chi connectivity index (χ4n) is 6.46. The lowest BCUT2D eigenvalue weighted by molar-refractivity contribution is -0.167. The Morgan fingerprint density at radius 1 is 0.350 bits per heavy atom. The average molecular weight is 835 g/mol. The van der Waals surface area contributed by atoms with E-state index in [2.05, 4.69) is 106 Å². The molecule has 0 aromatic carbocycles. The Hall–Kier alpha value is -3.41. The molecule has 0 aromatic heterocycles. The summed E-state index contributed by atoms with van der Waals surface area (Å²) in [5.74, 6) is -0.978. The summed E-state index contributed by atoms with van der Waals surface area (Å²) in [6, 6.07) is 0. The summed E-state index contributed by atoms with van der Waals surface area (Å²) in [6.07, 6.45) is 61.4. The Bertz CT molecular complexity index is 1190. The van der Waals surface area contributed by atoms with Crippen LogP contribution in [0.3, 0.4) is 0 Å². The maximum absolute atomic E-state index is 12.7. The zero-order valence-corrected chi connectivity index (χ0v) is 38.9. The molecule has 0 aliphatic rings. The molecule has 0 amide bonds. The molecule has 1 unspecified atom stereocenters. The molecule has 0 heterocycles. The van der Waals surface area contributed by atoms with Crippen molar-refractivity contribution in [2.75, 3.05) is 13.2 Å². The van der Waals surface area contributed by atoms with Gasteiger partial charge < -0.3 is 14.2 Å². The van der Waals surface area contributed by atoms with E-state index in [9.17, 15) is 14.4 Å². The fraction of sp³-hybridized carbons (Fsp3) is 0.685. The standard InChI is InChI=1S/C54H90O6/c1-4-7-10-13-16-19-22-25-26-27-28-30-32-35-38-41-44-47-53(56)59-50-51(49-58-52(55)46-43-40-37-34-31-24-21-18-15-12-9-6-3)60-54(57)48-45-42-39-36-33-29-23-20-17-14-11-8-5-2/h7,10-11,14,16,19-20,23,25-26,28,30,35,38,51H,4-6,8-9,12-13,15,17-18,21-22,24,27,29,31-34,36-37,39-50H2,1-3H3/b10-7-,14-11-,19-16-,23-20-,26-25-,30-28-,38-35-. The largest absolute Gasteiger partial charge is 0.462 e. The molecule has 0 aliphatic heterocycles. The molecule has 0 saturated heterocycles. The quantitative estimate of drug-likeness (QED) is 0.0263. The molecule has 0 N–H and O–H groups in total. The van der Waals surface area contributed by atoms with Gasteiger partial charge in [-0.1, -0.05) is 202 Å². The van der Waals surface area contributed by atoms with E-state index in [0.717, 1.165) is 109 Å². The number of hydrogen-bond acceptors (Lipinski definition) is 6. The fourth-order valence-corrected chi connectivity index (χ4v) is 6.46. The van der Waals surface area contributed by atoms with Crippen molar-refractivity contribution in [1.29, 1.82) is 0 Å². The topological polar surface area (TPSA) is 78.9 Å². The lowest BCUT2D eigenvalue weighted by Crippen LogP contribution is -2.30. The first kappa shape index (κ1) is 56.6. The van der Waals surface area contributed by atoms with E-state index >= 15 is 0 Å². The van der Waals surface area contributed by atoms with Crippen molar-refractivity contribution in [3.05, 3.63) is 85.1 Å². The molecule has 0 rings (SSSR count). The van der Waals surface area contributed by atoms with Crippen molar-refractivity contribution in [1.82, 2.24) is 0 Å². The van der Waals surface area contributed by atoms with Gasteiger partial charge in [-0.25, -0.2) is 0 Å². The number of allylic oxidation sites excluding steroid dienone is 14. The molecule has 0 spiro atoms. The SMILES string of the molecule is CC/C=C\C/C=C\C/C=C\C/C=C\C/C=C\CCCC(=O)OCC(COC(=O)CCCCCCCCCCCCCC)OC(=O)CCCCCCC/C=C\C/C=C\CCC. The molecule has 60 heavy (non-hydrogen) atoms. The highest BCUT2D eigenvalue weighted by Gasteiger charge is 2.19. The van der Waals surface area contributed by atoms with Crippen LogP contribution >= 0.6 is 0 Å². The van der Waals surface area contributed by atoms with Gasteiger partial charge in [-0.15, -0.1) is 0 Å². The Balaban J connectivity index is 4.49. The van der Waals surface area contributed by atoms with Gasteiger partial charge >= 0.3 is 17.9 Å². The Morgan fingerprint density at radius 3 is 1.15 bits per heavy atom. The summed E-state index contributed by atoms with van der Waals surface area (Å²) >= 11 is 0. The highest BCUT2D eigenvalue weighted by molar-refractivity contribution is 5.71. The molecule has 0 bridgehead atoms. The summed E-state index contributed by atoms with van der Waals surface area (Å²) in [4.78, 5) is 37.9. The summed E-state index contributed by atoms with van der Waals surface area (Å²) in [5.41, 5.74) is 0. The predicted octanol–water partition coefficient (Wildman–Crippen LogP) is 16.0. The molecule has 342 valence electrons. The van der Waals surface area contributed by atoms with Crippen LogP contribution in [-0.4, -0.2) is 37.2 Å². The van der Waals surface area contributed by atoms with E-state index in [1.54, 1.807) is 0 Å². The van der Waals surface area contributed by atoms with Crippen LogP contribution in [0.15, 0.2) is 85.1 Å². The van der Waals surface area contributed by atoms with Crippen LogP contribution in [0.2, 0.25) is 0 Å². The van der Waals surface area contributed by atoms with Gasteiger partial charge in [0.05, 0.1) is 0 Å². The van der Waals surface area contributed by atoms with Crippen molar-refractivity contribution in [3.63, 3.8) is 0 Å². The third-order valence-electron chi connectivity index (χ3n) is 10.1. The maximum Gasteiger partial charge on any atom is 0.306 e. The van der Waals surface area contributed by atoms with Crippen molar-refractivity contribution in [3.8, 4) is 0 Å². The number of esters is 3. The van der Waals surface area contributed by atoms with E-state index in [4.69, 9.17) is 14.2 Å². The number of carbonyl (C=O) groups is 3. The molecule has 0 aliphatic carbocycles. The highest BCUT2D eigenvalue weighted by Crippen LogP contribution is 2.14. The van der Waals surface area contributed by atoms with Crippen molar-refractivity contribution >= 4 is 17.9 Å². The average Bonchev–Trinajstić information content (AvgIpc) is 3.24. The first-order chi connectivity index (χ1) is 29.5. The summed E-state index contributed by atoms with van der Waals surface area (Å²) < 4.78 is 16.7. The Morgan fingerprint density at radius 2 is 0.700 bits per heavy atom. The first-order valence-electron chi connectivity index (χ1n) is 24.6. The van der Waals surface area contributed by atoms with Crippen LogP contribution in [0.5, 0.6) is 0 Å². The van der Waals surface area contributed by atoms with Crippen LogP contribution in [0.25, 0.3) is 0 Å². The lowest BCUT2D eigenvalue weighted by Gasteiger charge is -2.18. The van der Waals surface area contributed by atoms with E-state index in [-0.39, 0.29) is 37.5 Å². The summed E-state index contributed by atoms with van der Waals surface area (Å²) in [5, 5.41) is 0.